The molecule has 0 saturated carbocycles. The fourth-order valence-electron chi connectivity index (χ4n) is 5.50. The lowest BCUT2D eigenvalue weighted by Crippen LogP contribution is -2.50. The van der Waals surface area contributed by atoms with E-state index in [-0.39, 0.29) is 36.1 Å². The molecule has 6 nitrogen and oxygen atoms in total. The van der Waals surface area contributed by atoms with E-state index in [9.17, 15) is 22.4 Å². The van der Waals surface area contributed by atoms with Gasteiger partial charge in [-0.15, -0.1) is 0 Å². The number of anilines is 1. The summed E-state index contributed by atoms with van der Waals surface area (Å²) < 4.78 is 77.1. The number of rotatable bonds is 3. The first-order chi connectivity index (χ1) is 19.1. The van der Waals surface area contributed by atoms with E-state index >= 15 is 4.39 Å². The summed E-state index contributed by atoms with van der Waals surface area (Å²) >= 11 is 0. The Balaban J connectivity index is 1.51. The van der Waals surface area contributed by atoms with Gasteiger partial charge in [-0.2, -0.15) is 13.2 Å². The Morgan fingerprint density at radius 3 is 2.60 bits per heavy atom. The van der Waals surface area contributed by atoms with Crippen LogP contribution in [0.1, 0.15) is 29.3 Å². The van der Waals surface area contributed by atoms with Gasteiger partial charge in [-0.25, -0.2) is 13.8 Å². The average molecular weight is 555 g/mol. The molecule has 206 valence electrons. The number of aromatic nitrogens is 1. The number of hydrogen-bond donors (Lipinski definition) is 0. The number of ether oxygens (including phenoxy) is 1. The lowest BCUT2D eigenvalue weighted by Gasteiger charge is -2.43. The highest BCUT2D eigenvalue weighted by Gasteiger charge is 2.39. The predicted molar refractivity (Wildman–Crippen MR) is 139 cm³/mol. The maximum absolute atomic E-state index is 15.1. The minimum Gasteiger partial charge on any atom is -0.469 e. The molecule has 0 amide bonds. The summed E-state index contributed by atoms with van der Waals surface area (Å²) in [6.45, 7) is 1.14. The molecule has 1 aromatic heterocycles. The Morgan fingerprint density at radius 2 is 1.82 bits per heavy atom. The number of aliphatic imine (C=N–C) groups is 1. The van der Waals surface area contributed by atoms with E-state index in [1.54, 1.807) is 17.0 Å². The summed E-state index contributed by atoms with van der Waals surface area (Å²) in [5.41, 5.74) is 1.34. The molecule has 0 aliphatic carbocycles. The maximum Gasteiger partial charge on any atom is 0.416 e. The van der Waals surface area contributed by atoms with Crippen molar-refractivity contribution in [2.45, 2.75) is 31.7 Å². The normalized spacial score (nSPS) is 16.9. The molecule has 0 radical (unpaired) electrons. The van der Waals surface area contributed by atoms with Crippen LogP contribution in [-0.2, 0) is 28.8 Å². The van der Waals surface area contributed by atoms with Crippen molar-refractivity contribution in [2.24, 2.45) is 4.99 Å². The van der Waals surface area contributed by atoms with Gasteiger partial charge < -0.3 is 19.1 Å². The van der Waals surface area contributed by atoms with Crippen LogP contribution in [0.15, 0.2) is 71.7 Å². The smallest absolute Gasteiger partial charge is 0.416 e. The molecular formula is C29H23F5N4O2. The van der Waals surface area contributed by atoms with Gasteiger partial charge in [-0.1, -0.05) is 18.2 Å². The lowest BCUT2D eigenvalue weighted by molar-refractivity contribution is -0.141. The van der Waals surface area contributed by atoms with Gasteiger partial charge in [0.25, 0.3) is 0 Å². The minimum atomic E-state index is -4.60. The third kappa shape index (κ3) is 4.44. The van der Waals surface area contributed by atoms with Gasteiger partial charge in [0.15, 0.2) is 0 Å². The van der Waals surface area contributed by atoms with E-state index < -0.39 is 29.6 Å². The summed E-state index contributed by atoms with van der Waals surface area (Å²) in [6, 6.07) is 14.6. The second-order valence-electron chi connectivity index (χ2n) is 9.72. The quantitative estimate of drug-likeness (QED) is 0.213. The van der Waals surface area contributed by atoms with Crippen LogP contribution in [0.25, 0.3) is 10.9 Å². The molecule has 0 bridgehead atoms. The molecule has 0 N–H and O–H groups in total. The number of carbonyl (C=O) groups excluding carboxylic acids is 1. The topological polar surface area (TPSA) is 50.1 Å². The third-order valence-electron chi connectivity index (χ3n) is 7.33. The number of benzene rings is 3. The van der Waals surface area contributed by atoms with Crippen molar-refractivity contribution >= 4 is 34.2 Å². The van der Waals surface area contributed by atoms with Gasteiger partial charge in [-0.05, 0) is 48.5 Å². The van der Waals surface area contributed by atoms with Crippen molar-refractivity contribution < 1.29 is 31.5 Å². The number of hydrogen-bond acceptors (Lipinski definition) is 5. The van der Waals surface area contributed by atoms with Crippen LogP contribution < -0.4 is 4.90 Å². The zero-order chi connectivity index (χ0) is 28.2. The van der Waals surface area contributed by atoms with Gasteiger partial charge >= 0.3 is 12.1 Å². The lowest BCUT2D eigenvalue weighted by atomic mass is 9.97. The zero-order valence-corrected chi connectivity index (χ0v) is 21.3. The number of esters is 1. The van der Waals surface area contributed by atoms with Crippen molar-refractivity contribution in [2.75, 3.05) is 18.6 Å². The van der Waals surface area contributed by atoms with Crippen molar-refractivity contribution in [1.29, 1.82) is 0 Å². The number of methoxy groups -OCH3 is 1. The van der Waals surface area contributed by atoms with E-state index in [2.05, 4.69) is 4.99 Å². The average Bonchev–Trinajstić information content (AvgIpc) is 3.29. The highest BCUT2D eigenvalue weighted by molar-refractivity contribution is 6.01. The number of guanidine groups is 1. The molecule has 3 heterocycles. The molecule has 2 aliphatic rings. The first-order valence-electron chi connectivity index (χ1n) is 12.6. The van der Waals surface area contributed by atoms with Crippen molar-refractivity contribution in [3.05, 3.63) is 95.2 Å². The fraction of sp³-hybridized carbons (Fsp3) is 0.241. The molecular weight excluding hydrogens is 531 g/mol. The van der Waals surface area contributed by atoms with Crippen LogP contribution in [0, 0.1) is 11.6 Å². The van der Waals surface area contributed by atoms with Crippen LogP contribution >= 0.6 is 0 Å². The van der Waals surface area contributed by atoms with Crippen LogP contribution in [0.4, 0.5) is 33.3 Å². The maximum atomic E-state index is 15.1. The number of fused-ring (bicyclic) bond motifs is 4. The van der Waals surface area contributed by atoms with Crippen molar-refractivity contribution in [3.63, 3.8) is 0 Å². The summed E-state index contributed by atoms with van der Waals surface area (Å²) in [7, 11) is 1.22. The second kappa shape index (κ2) is 9.65. The van der Waals surface area contributed by atoms with Gasteiger partial charge in [0.1, 0.15) is 17.3 Å². The first kappa shape index (κ1) is 25.8. The second-order valence-corrected chi connectivity index (χ2v) is 9.72. The number of halogens is 5. The zero-order valence-electron chi connectivity index (χ0n) is 21.3. The van der Waals surface area contributed by atoms with Crippen LogP contribution in [-0.4, -0.2) is 35.1 Å². The number of alkyl halides is 3. The highest BCUT2D eigenvalue weighted by atomic mass is 19.4. The highest BCUT2D eigenvalue weighted by Crippen LogP contribution is 2.43. The number of carbonyl (C=O) groups is 1. The number of para-hydroxylation sites is 1. The molecule has 0 fully saturated rings. The molecule has 0 spiro atoms. The van der Waals surface area contributed by atoms with Crippen molar-refractivity contribution in [3.8, 4) is 0 Å². The summed E-state index contributed by atoms with van der Waals surface area (Å²) in [4.78, 5) is 20.6. The molecule has 6 rings (SSSR count). The first-order valence-corrected chi connectivity index (χ1v) is 12.6. The van der Waals surface area contributed by atoms with E-state index in [0.29, 0.717) is 18.7 Å². The van der Waals surface area contributed by atoms with E-state index in [4.69, 9.17) is 4.74 Å². The van der Waals surface area contributed by atoms with Crippen LogP contribution in [0.2, 0.25) is 0 Å². The van der Waals surface area contributed by atoms with Crippen LogP contribution in [0.3, 0.4) is 0 Å². The monoisotopic (exact) mass is 554 g/mol. The Kier molecular flexibility index (Phi) is 6.24. The van der Waals surface area contributed by atoms with Gasteiger partial charge in [0.2, 0.25) is 5.96 Å². The summed E-state index contributed by atoms with van der Waals surface area (Å²) in [5, 5.41) is 0.720. The molecule has 40 heavy (non-hydrogen) atoms. The van der Waals surface area contributed by atoms with Crippen LogP contribution in [0.5, 0.6) is 0 Å². The molecule has 2 aliphatic heterocycles. The predicted octanol–water partition coefficient (Wildman–Crippen LogP) is 6.57. The largest absolute Gasteiger partial charge is 0.469 e. The van der Waals surface area contributed by atoms with Crippen molar-refractivity contribution in [1.82, 2.24) is 9.47 Å². The molecule has 3 aromatic carbocycles. The Labute approximate surface area is 225 Å². The molecule has 0 saturated heterocycles. The molecule has 4 aromatic rings. The molecule has 1 unspecified atom stereocenters. The molecule has 11 heteroatoms. The van der Waals surface area contributed by atoms with Gasteiger partial charge in [-0.3, -0.25) is 4.79 Å². The SMILES string of the molecule is COC(=O)CC1c2cccc(F)c2N=C(N2CCn3c(cc4cc(F)ccc43)C2)N1c1cccc(C(F)(F)F)c1. The third-order valence-corrected chi connectivity index (χ3v) is 7.33. The standard InChI is InChI=1S/C29H23F5N4O2/c1-40-26(39)15-25-22-6-3-7-23(31)27(22)35-28(38(25)20-5-2-4-18(14-20)29(32,33)34)36-10-11-37-21(16-36)13-17-12-19(30)8-9-24(17)37/h2-9,12-14,25H,10-11,15-16H2,1H3. The van der Waals surface area contributed by atoms with E-state index in [1.807, 2.05) is 15.5 Å². The number of nitrogens with zero attached hydrogens (tertiary/aromatic N) is 4. The molecule has 1 atom stereocenters. The summed E-state index contributed by atoms with van der Waals surface area (Å²) in [5.74, 6) is -1.39. The van der Waals surface area contributed by atoms with E-state index in [1.165, 1.54) is 43.5 Å². The summed E-state index contributed by atoms with van der Waals surface area (Å²) in [6.07, 6.45) is -4.86. The minimum absolute atomic E-state index is 0.0165. The van der Waals surface area contributed by atoms with E-state index in [0.717, 1.165) is 28.7 Å². The fourth-order valence-corrected chi connectivity index (χ4v) is 5.50. The van der Waals surface area contributed by atoms with Gasteiger partial charge in [0, 0.05) is 40.9 Å². The van der Waals surface area contributed by atoms with Gasteiger partial charge in [0.05, 0.1) is 31.7 Å². The Morgan fingerprint density at radius 1 is 1.02 bits per heavy atom. The Bertz CT molecular complexity index is 1660. The Hall–Kier alpha value is -4.41.